The van der Waals surface area contributed by atoms with Crippen molar-refractivity contribution in [1.29, 1.82) is 5.41 Å². The summed E-state index contributed by atoms with van der Waals surface area (Å²) in [7, 11) is 0. The molecule has 0 unspecified atom stereocenters. The number of nitrogens with two attached hydrogens (primary N) is 1. The third-order valence-electron chi connectivity index (χ3n) is 2.04. The molecule has 88 valence electrons. The van der Waals surface area contributed by atoms with Crippen LogP contribution in [0.1, 0.15) is 12.5 Å². The van der Waals surface area contributed by atoms with Gasteiger partial charge < -0.3 is 16.5 Å². The van der Waals surface area contributed by atoms with E-state index in [1.54, 1.807) is 18.3 Å². The number of aromatic nitrogens is 1. The summed E-state index contributed by atoms with van der Waals surface area (Å²) in [6.45, 7) is 5.58. The van der Waals surface area contributed by atoms with E-state index in [2.05, 4.69) is 16.9 Å². The zero-order chi connectivity index (χ0) is 12.7. The normalized spacial score (nSPS) is 11.5. The van der Waals surface area contributed by atoms with Gasteiger partial charge in [0.05, 0.1) is 11.9 Å². The van der Waals surface area contributed by atoms with Gasteiger partial charge in [-0.15, -0.1) is 0 Å². The van der Waals surface area contributed by atoms with E-state index in [4.69, 9.17) is 11.1 Å². The standard InChI is InChI=1S/C13H16N4/c1-3-5-11(6-4-2)17-12-9-16-13(15)7-10(12)8-14/h3-9,14,17H,1H2,2H3,(H2,15,16)/b6-4-,11-5+,14-8?. The Kier molecular flexibility index (Phi) is 4.69. The average molecular weight is 228 g/mol. The molecule has 0 spiro atoms. The topological polar surface area (TPSA) is 74.8 Å². The third kappa shape index (κ3) is 3.61. The van der Waals surface area contributed by atoms with Crippen molar-refractivity contribution in [2.24, 2.45) is 0 Å². The fourth-order valence-corrected chi connectivity index (χ4v) is 1.31. The smallest absolute Gasteiger partial charge is 0.124 e. The molecule has 0 radical (unpaired) electrons. The maximum absolute atomic E-state index is 7.32. The highest BCUT2D eigenvalue weighted by Crippen LogP contribution is 2.17. The number of allylic oxidation sites excluding steroid dienone is 4. The molecule has 0 amide bonds. The van der Waals surface area contributed by atoms with Gasteiger partial charge in [0.2, 0.25) is 0 Å². The number of hydrogen-bond donors (Lipinski definition) is 3. The van der Waals surface area contributed by atoms with E-state index in [1.165, 1.54) is 6.21 Å². The van der Waals surface area contributed by atoms with E-state index in [0.29, 0.717) is 11.4 Å². The Balaban J connectivity index is 3.04. The van der Waals surface area contributed by atoms with Gasteiger partial charge in [-0.3, -0.25) is 0 Å². The number of anilines is 2. The fraction of sp³-hybridized carbons (Fsp3) is 0.0769. The van der Waals surface area contributed by atoms with Crippen LogP contribution in [0.5, 0.6) is 0 Å². The van der Waals surface area contributed by atoms with Crippen LogP contribution in [0.25, 0.3) is 0 Å². The number of hydrogen-bond acceptors (Lipinski definition) is 4. The minimum absolute atomic E-state index is 0.398. The molecule has 0 saturated carbocycles. The lowest BCUT2D eigenvalue weighted by Gasteiger charge is -2.09. The van der Waals surface area contributed by atoms with Crippen LogP contribution in [-0.2, 0) is 0 Å². The second-order valence-electron chi connectivity index (χ2n) is 3.32. The molecule has 0 aromatic carbocycles. The van der Waals surface area contributed by atoms with Crippen LogP contribution in [0.15, 0.2) is 48.8 Å². The Morgan fingerprint density at radius 2 is 2.35 bits per heavy atom. The Morgan fingerprint density at radius 3 is 2.94 bits per heavy atom. The van der Waals surface area contributed by atoms with Crippen LogP contribution >= 0.6 is 0 Å². The molecule has 1 heterocycles. The van der Waals surface area contributed by atoms with Crippen molar-refractivity contribution in [3.05, 3.63) is 54.4 Å². The SMILES string of the molecule is C=C/C=C(\C=C/C)Nc1cnc(N)cc1C=N. The highest BCUT2D eigenvalue weighted by molar-refractivity contribution is 5.87. The van der Waals surface area contributed by atoms with Gasteiger partial charge in [-0.1, -0.05) is 18.7 Å². The highest BCUT2D eigenvalue weighted by atomic mass is 14.9. The van der Waals surface area contributed by atoms with Crippen molar-refractivity contribution in [3.8, 4) is 0 Å². The quantitative estimate of drug-likeness (QED) is 0.535. The van der Waals surface area contributed by atoms with Crippen LogP contribution in [-0.4, -0.2) is 11.2 Å². The maximum Gasteiger partial charge on any atom is 0.124 e. The number of nitrogen functional groups attached to an aromatic ring is 1. The van der Waals surface area contributed by atoms with E-state index >= 15 is 0 Å². The van der Waals surface area contributed by atoms with Gasteiger partial charge in [0.1, 0.15) is 5.82 Å². The second kappa shape index (κ2) is 6.27. The van der Waals surface area contributed by atoms with Gasteiger partial charge in [-0.2, -0.15) is 0 Å². The molecule has 1 aromatic heterocycles. The van der Waals surface area contributed by atoms with Crippen LogP contribution in [0.4, 0.5) is 11.5 Å². The van der Waals surface area contributed by atoms with Crippen LogP contribution < -0.4 is 11.1 Å². The summed E-state index contributed by atoms with van der Waals surface area (Å²) in [5, 5.41) is 10.5. The molecular weight excluding hydrogens is 212 g/mol. The van der Waals surface area contributed by atoms with E-state index in [0.717, 1.165) is 11.4 Å². The van der Waals surface area contributed by atoms with Crippen molar-refractivity contribution in [3.63, 3.8) is 0 Å². The lowest BCUT2D eigenvalue weighted by atomic mass is 10.2. The number of pyridine rings is 1. The molecular formula is C13H16N4. The van der Waals surface area contributed by atoms with Crippen molar-refractivity contribution in [1.82, 2.24) is 4.98 Å². The predicted octanol–water partition coefficient (Wildman–Crippen LogP) is 2.72. The summed E-state index contributed by atoms with van der Waals surface area (Å²) in [5.41, 5.74) is 7.86. The molecule has 0 saturated heterocycles. The Labute approximate surface area is 101 Å². The lowest BCUT2D eigenvalue weighted by Crippen LogP contribution is -2.02. The first kappa shape index (κ1) is 12.7. The molecule has 0 aliphatic rings. The molecule has 4 N–H and O–H groups in total. The largest absolute Gasteiger partial charge is 0.384 e. The van der Waals surface area contributed by atoms with Gasteiger partial charge in [0, 0.05) is 17.5 Å². The summed E-state index contributed by atoms with van der Waals surface area (Å²) in [6.07, 6.45) is 10.2. The maximum atomic E-state index is 7.32. The lowest BCUT2D eigenvalue weighted by molar-refractivity contribution is 1.31. The van der Waals surface area contributed by atoms with E-state index in [9.17, 15) is 0 Å². The predicted molar refractivity (Wildman–Crippen MR) is 73.3 cm³/mol. The monoisotopic (exact) mass is 228 g/mol. The molecule has 4 nitrogen and oxygen atoms in total. The Bertz CT molecular complexity index is 472. The van der Waals surface area contributed by atoms with E-state index < -0.39 is 0 Å². The van der Waals surface area contributed by atoms with Crippen molar-refractivity contribution >= 4 is 17.7 Å². The van der Waals surface area contributed by atoms with Gasteiger partial charge in [-0.05, 0) is 25.1 Å². The molecule has 1 aromatic rings. The molecule has 0 aliphatic heterocycles. The summed E-state index contributed by atoms with van der Waals surface area (Å²) < 4.78 is 0. The molecule has 0 bridgehead atoms. The molecule has 4 heteroatoms. The van der Waals surface area contributed by atoms with Crippen molar-refractivity contribution in [2.75, 3.05) is 11.1 Å². The van der Waals surface area contributed by atoms with Gasteiger partial charge in [0.15, 0.2) is 0 Å². The second-order valence-corrected chi connectivity index (χ2v) is 3.32. The number of nitrogens with one attached hydrogen (secondary N) is 2. The van der Waals surface area contributed by atoms with Gasteiger partial charge in [0.25, 0.3) is 0 Å². The Hall–Kier alpha value is -2.36. The molecule has 0 aliphatic carbocycles. The van der Waals surface area contributed by atoms with Crippen molar-refractivity contribution < 1.29 is 0 Å². The van der Waals surface area contributed by atoms with Crippen molar-refractivity contribution in [2.45, 2.75) is 6.92 Å². The molecule has 0 atom stereocenters. The van der Waals surface area contributed by atoms with Crippen LogP contribution in [0.2, 0.25) is 0 Å². The van der Waals surface area contributed by atoms with E-state index in [1.807, 2.05) is 25.2 Å². The minimum Gasteiger partial charge on any atom is -0.384 e. The summed E-state index contributed by atoms with van der Waals surface area (Å²) in [6, 6.07) is 1.65. The highest BCUT2D eigenvalue weighted by Gasteiger charge is 2.02. The molecule has 1 rings (SSSR count). The third-order valence-corrected chi connectivity index (χ3v) is 2.04. The van der Waals surface area contributed by atoms with Gasteiger partial charge in [-0.25, -0.2) is 4.98 Å². The summed E-state index contributed by atoms with van der Waals surface area (Å²) in [5.74, 6) is 0.398. The number of nitrogens with zero attached hydrogens (tertiary/aromatic N) is 1. The first-order valence-corrected chi connectivity index (χ1v) is 5.19. The fourth-order valence-electron chi connectivity index (χ4n) is 1.31. The van der Waals surface area contributed by atoms with E-state index in [-0.39, 0.29) is 0 Å². The first-order valence-electron chi connectivity index (χ1n) is 5.19. The molecule has 17 heavy (non-hydrogen) atoms. The average Bonchev–Trinajstić information content (AvgIpc) is 2.32. The number of rotatable bonds is 5. The van der Waals surface area contributed by atoms with Crippen LogP contribution in [0, 0.1) is 5.41 Å². The molecule has 0 fully saturated rings. The van der Waals surface area contributed by atoms with Crippen LogP contribution in [0.3, 0.4) is 0 Å². The summed E-state index contributed by atoms with van der Waals surface area (Å²) in [4.78, 5) is 4.00. The zero-order valence-corrected chi connectivity index (χ0v) is 9.77. The summed E-state index contributed by atoms with van der Waals surface area (Å²) >= 11 is 0. The Morgan fingerprint density at radius 1 is 1.59 bits per heavy atom. The first-order chi connectivity index (χ1) is 8.21. The minimum atomic E-state index is 0.398. The van der Waals surface area contributed by atoms with Gasteiger partial charge >= 0.3 is 0 Å². The zero-order valence-electron chi connectivity index (χ0n) is 9.77.